The summed E-state index contributed by atoms with van der Waals surface area (Å²) in [5.74, 6) is -3.33. The molecule has 0 aromatic heterocycles. The standard InChI is InChI=1S/C28H54O4.Na.H/c1-3-5-7-9-11-13-15-17-19-21-23-25(27(29)30)26(28(31)32)24-22-20-18-16-14-12-10-8-6-4-2;;/h25-26H,3-24H2,1-2H3,(H,29,30)(H,31,32);;/q;+1;-1. The zero-order chi connectivity index (χ0) is 23.9. The fourth-order valence-electron chi connectivity index (χ4n) is 4.70. The van der Waals surface area contributed by atoms with Crippen molar-refractivity contribution in [3.05, 3.63) is 0 Å². The van der Waals surface area contributed by atoms with Crippen molar-refractivity contribution in [2.24, 2.45) is 11.8 Å². The van der Waals surface area contributed by atoms with Crippen LogP contribution in [0.15, 0.2) is 0 Å². The summed E-state index contributed by atoms with van der Waals surface area (Å²) in [6.45, 7) is 4.47. The van der Waals surface area contributed by atoms with Gasteiger partial charge in [-0.1, -0.05) is 142 Å². The Morgan fingerprint density at radius 1 is 0.485 bits per heavy atom. The molecule has 0 amide bonds. The molecule has 0 heterocycles. The summed E-state index contributed by atoms with van der Waals surface area (Å²) in [4.78, 5) is 23.5. The number of hydrogen-bond acceptors (Lipinski definition) is 2. The van der Waals surface area contributed by atoms with Crippen LogP contribution in [-0.2, 0) is 9.59 Å². The van der Waals surface area contributed by atoms with Gasteiger partial charge in [-0.25, -0.2) is 0 Å². The molecule has 2 unspecified atom stereocenters. The summed E-state index contributed by atoms with van der Waals surface area (Å²) in [5.41, 5.74) is 0. The van der Waals surface area contributed by atoms with Crippen molar-refractivity contribution in [2.45, 2.75) is 155 Å². The average Bonchev–Trinajstić information content (AvgIpc) is 2.76. The summed E-state index contributed by atoms with van der Waals surface area (Å²) in [5, 5.41) is 19.3. The van der Waals surface area contributed by atoms with Gasteiger partial charge in [-0.3, -0.25) is 9.59 Å². The van der Waals surface area contributed by atoms with Crippen molar-refractivity contribution in [1.82, 2.24) is 0 Å². The fraction of sp³-hybridized carbons (Fsp3) is 0.929. The van der Waals surface area contributed by atoms with Gasteiger partial charge in [0.1, 0.15) is 0 Å². The molecule has 192 valence electrons. The van der Waals surface area contributed by atoms with Crippen molar-refractivity contribution >= 4 is 11.9 Å². The predicted molar refractivity (Wildman–Crippen MR) is 136 cm³/mol. The molecular formula is C28H55NaO4. The number of hydrogen-bond donors (Lipinski definition) is 2. The van der Waals surface area contributed by atoms with Gasteiger partial charge in [0, 0.05) is 0 Å². The molecule has 0 aliphatic carbocycles. The molecule has 0 aliphatic rings. The first-order valence-corrected chi connectivity index (χ1v) is 14.0. The second kappa shape index (κ2) is 26.5. The van der Waals surface area contributed by atoms with Gasteiger partial charge in [0.25, 0.3) is 0 Å². The van der Waals surface area contributed by atoms with Crippen molar-refractivity contribution in [3.8, 4) is 0 Å². The first kappa shape index (κ1) is 35.1. The second-order valence-corrected chi connectivity index (χ2v) is 9.83. The molecule has 4 nitrogen and oxygen atoms in total. The zero-order valence-electron chi connectivity index (χ0n) is 23.4. The van der Waals surface area contributed by atoms with Crippen LogP contribution in [0, 0.1) is 11.8 Å². The topological polar surface area (TPSA) is 74.6 Å². The van der Waals surface area contributed by atoms with Crippen molar-refractivity contribution in [2.75, 3.05) is 0 Å². The van der Waals surface area contributed by atoms with E-state index in [4.69, 9.17) is 0 Å². The fourth-order valence-corrected chi connectivity index (χ4v) is 4.70. The SMILES string of the molecule is CCCCCCCCCCCCC(C(=O)O)C(CCCCCCCCCCCC)C(=O)O.[H-].[Na+]. The van der Waals surface area contributed by atoms with Gasteiger partial charge in [0.05, 0.1) is 11.8 Å². The minimum Gasteiger partial charge on any atom is -1.00 e. The van der Waals surface area contributed by atoms with Gasteiger partial charge in [0.2, 0.25) is 0 Å². The van der Waals surface area contributed by atoms with E-state index in [2.05, 4.69) is 13.8 Å². The number of carboxylic acids is 2. The molecule has 0 aromatic carbocycles. The molecule has 0 fully saturated rings. The molecule has 0 aromatic rings. The summed E-state index contributed by atoms with van der Waals surface area (Å²) in [6, 6.07) is 0. The van der Waals surface area contributed by atoms with Crippen LogP contribution in [0.5, 0.6) is 0 Å². The van der Waals surface area contributed by atoms with E-state index in [1.807, 2.05) is 0 Å². The first-order valence-electron chi connectivity index (χ1n) is 14.0. The van der Waals surface area contributed by atoms with Crippen LogP contribution in [0.2, 0.25) is 0 Å². The Morgan fingerprint density at radius 3 is 0.909 bits per heavy atom. The summed E-state index contributed by atoms with van der Waals surface area (Å²) >= 11 is 0. The molecule has 0 aliphatic heterocycles. The molecular weight excluding hydrogens is 423 g/mol. The smallest absolute Gasteiger partial charge is 1.00 e. The van der Waals surface area contributed by atoms with E-state index in [0.29, 0.717) is 12.8 Å². The maximum atomic E-state index is 11.8. The third-order valence-electron chi connectivity index (χ3n) is 6.86. The van der Waals surface area contributed by atoms with E-state index in [-0.39, 0.29) is 31.0 Å². The van der Waals surface area contributed by atoms with Crippen molar-refractivity contribution in [3.63, 3.8) is 0 Å². The Kier molecular flexibility index (Phi) is 28.2. The number of rotatable bonds is 25. The predicted octanol–water partition coefficient (Wildman–Crippen LogP) is 6.13. The Bertz CT molecular complexity index is 408. The quantitative estimate of drug-likeness (QED) is 0.122. The summed E-state index contributed by atoms with van der Waals surface area (Å²) < 4.78 is 0. The number of aliphatic carboxylic acids is 2. The molecule has 0 bridgehead atoms. The molecule has 0 rings (SSSR count). The summed E-state index contributed by atoms with van der Waals surface area (Å²) in [6.07, 6.45) is 25.1. The number of carboxylic acid groups (broad SMARTS) is 2. The molecule has 0 spiro atoms. The average molecular weight is 479 g/mol. The molecule has 0 saturated carbocycles. The van der Waals surface area contributed by atoms with Gasteiger partial charge < -0.3 is 11.6 Å². The van der Waals surface area contributed by atoms with Crippen LogP contribution < -0.4 is 29.6 Å². The Hall–Kier alpha value is -0.0600. The maximum absolute atomic E-state index is 11.8. The number of unbranched alkanes of at least 4 members (excludes halogenated alkanes) is 18. The van der Waals surface area contributed by atoms with Crippen molar-refractivity contribution in [1.29, 1.82) is 0 Å². The molecule has 5 heteroatoms. The van der Waals surface area contributed by atoms with E-state index in [1.165, 1.54) is 89.9 Å². The Balaban J connectivity index is -0.00000480. The Morgan fingerprint density at radius 2 is 0.697 bits per heavy atom. The van der Waals surface area contributed by atoms with E-state index >= 15 is 0 Å². The van der Waals surface area contributed by atoms with Crippen LogP contribution >= 0.6 is 0 Å². The van der Waals surface area contributed by atoms with Crippen molar-refractivity contribution < 1.29 is 50.8 Å². The zero-order valence-corrected chi connectivity index (χ0v) is 24.4. The number of carbonyl (C=O) groups is 2. The summed E-state index contributed by atoms with van der Waals surface area (Å²) in [7, 11) is 0. The normalized spacial score (nSPS) is 12.8. The van der Waals surface area contributed by atoms with Crippen LogP contribution in [0.25, 0.3) is 0 Å². The first-order chi connectivity index (χ1) is 15.5. The minimum absolute atomic E-state index is 0. The monoisotopic (exact) mass is 478 g/mol. The van der Waals surface area contributed by atoms with Crippen LogP contribution in [0.1, 0.15) is 157 Å². The van der Waals surface area contributed by atoms with Gasteiger partial charge in [-0.05, 0) is 12.8 Å². The van der Waals surface area contributed by atoms with E-state index in [0.717, 1.165) is 38.5 Å². The van der Waals surface area contributed by atoms with E-state index in [1.54, 1.807) is 0 Å². The van der Waals surface area contributed by atoms with Gasteiger partial charge in [-0.2, -0.15) is 0 Å². The van der Waals surface area contributed by atoms with Crippen LogP contribution in [-0.4, -0.2) is 22.2 Å². The van der Waals surface area contributed by atoms with Gasteiger partial charge in [-0.15, -0.1) is 0 Å². The third kappa shape index (κ3) is 22.2. The minimum atomic E-state index is -0.930. The molecule has 33 heavy (non-hydrogen) atoms. The van der Waals surface area contributed by atoms with Gasteiger partial charge in [0.15, 0.2) is 0 Å². The second-order valence-electron chi connectivity index (χ2n) is 9.83. The van der Waals surface area contributed by atoms with E-state index in [9.17, 15) is 19.8 Å². The largest absolute Gasteiger partial charge is 1.00 e. The van der Waals surface area contributed by atoms with Crippen LogP contribution in [0.4, 0.5) is 0 Å². The Labute approximate surface area is 228 Å². The molecule has 0 saturated heterocycles. The molecule has 2 atom stereocenters. The third-order valence-corrected chi connectivity index (χ3v) is 6.86. The van der Waals surface area contributed by atoms with E-state index < -0.39 is 23.8 Å². The van der Waals surface area contributed by atoms with Gasteiger partial charge >= 0.3 is 41.5 Å². The maximum Gasteiger partial charge on any atom is 1.00 e. The van der Waals surface area contributed by atoms with Crippen LogP contribution in [0.3, 0.4) is 0 Å². The molecule has 0 radical (unpaired) electrons. The molecule has 2 N–H and O–H groups in total.